The van der Waals surface area contributed by atoms with E-state index in [9.17, 15) is 0 Å². The van der Waals surface area contributed by atoms with Crippen LogP contribution in [-0.2, 0) is 0 Å². The van der Waals surface area contributed by atoms with Crippen LogP contribution < -0.4 is 5.32 Å². The van der Waals surface area contributed by atoms with Crippen molar-refractivity contribution in [1.82, 2.24) is 10.2 Å². The molecule has 1 saturated heterocycles. The van der Waals surface area contributed by atoms with Crippen LogP contribution in [0.1, 0.15) is 18.0 Å². The third kappa shape index (κ3) is 3.67. The van der Waals surface area contributed by atoms with Gasteiger partial charge >= 0.3 is 0 Å². The van der Waals surface area contributed by atoms with E-state index in [1.165, 1.54) is 5.56 Å². The van der Waals surface area contributed by atoms with Crippen molar-refractivity contribution in [3.63, 3.8) is 0 Å². The summed E-state index contributed by atoms with van der Waals surface area (Å²) in [6, 6.07) is 6.92. The first-order valence-corrected chi connectivity index (χ1v) is 7.81. The Morgan fingerprint density at radius 3 is 2.39 bits per heavy atom. The minimum Gasteiger partial charge on any atom is -0.314 e. The maximum absolute atomic E-state index is 3.90. The Morgan fingerprint density at radius 1 is 1.22 bits per heavy atom. The van der Waals surface area contributed by atoms with Crippen LogP contribution in [0.4, 0.5) is 0 Å². The first-order valence-electron chi connectivity index (χ1n) is 6.22. The lowest BCUT2D eigenvalue weighted by atomic mass is 10.0. The van der Waals surface area contributed by atoms with Crippen LogP contribution in [-0.4, -0.2) is 31.1 Å². The Hall–Kier alpha value is -0.160. The van der Waals surface area contributed by atoms with Crippen LogP contribution in [0.3, 0.4) is 0 Å². The second kappa shape index (κ2) is 6.85. The van der Waals surface area contributed by atoms with Crippen LogP contribution >= 0.6 is 31.9 Å². The van der Waals surface area contributed by atoms with Gasteiger partial charge in [-0.25, -0.2) is 0 Å². The van der Waals surface area contributed by atoms with Crippen LogP contribution in [0, 0.1) is 0 Å². The molecule has 1 aromatic carbocycles. The predicted molar refractivity (Wildman–Crippen MR) is 83.8 cm³/mol. The third-order valence-corrected chi connectivity index (χ3v) is 4.17. The van der Waals surface area contributed by atoms with Gasteiger partial charge in [-0.2, -0.15) is 0 Å². The topological polar surface area (TPSA) is 15.3 Å². The summed E-state index contributed by atoms with van der Waals surface area (Å²) in [5.74, 6) is 0. The van der Waals surface area contributed by atoms with Crippen molar-refractivity contribution in [2.45, 2.75) is 12.5 Å². The smallest absolute Gasteiger partial charge is 0.0384 e. The Labute approximate surface area is 126 Å². The zero-order chi connectivity index (χ0) is 13.0. The van der Waals surface area contributed by atoms with E-state index in [-0.39, 0.29) is 0 Å². The van der Waals surface area contributed by atoms with Crippen molar-refractivity contribution in [2.75, 3.05) is 26.2 Å². The standard InChI is InChI=1S/C14H18Br2N2/c1-2-3-14(18-6-4-17-5-7-18)11-8-12(15)10-13(16)9-11/h2,8-10,14,17H,1,3-7H2/t14-/m1/s1. The number of benzene rings is 1. The van der Waals surface area contributed by atoms with Crippen LogP contribution in [0.15, 0.2) is 39.8 Å². The summed E-state index contributed by atoms with van der Waals surface area (Å²) in [5, 5.41) is 3.40. The number of hydrogen-bond donors (Lipinski definition) is 1. The molecule has 0 saturated carbocycles. The van der Waals surface area contributed by atoms with Crippen molar-refractivity contribution in [1.29, 1.82) is 0 Å². The number of nitrogens with one attached hydrogen (secondary N) is 1. The summed E-state index contributed by atoms with van der Waals surface area (Å²) in [5.41, 5.74) is 1.35. The summed E-state index contributed by atoms with van der Waals surface area (Å²) in [4.78, 5) is 2.53. The highest BCUT2D eigenvalue weighted by Gasteiger charge is 2.21. The van der Waals surface area contributed by atoms with E-state index in [1.807, 2.05) is 6.08 Å². The molecule has 0 radical (unpaired) electrons. The number of nitrogens with zero attached hydrogens (tertiary/aromatic N) is 1. The van der Waals surface area contributed by atoms with Crippen LogP contribution in [0.5, 0.6) is 0 Å². The van der Waals surface area contributed by atoms with Gasteiger partial charge in [-0.15, -0.1) is 6.58 Å². The molecular formula is C14H18Br2N2. The van der Waals surface area contributed by atoms with E-state index in [0.29, 0.717) is 6.04 Å². The Kier molecular flexibility index (Phi) is 5.42. The lowest BCUT2D eigenvalue weighted by Crippen LogP contribution is -2.45. The molecule has 98 valence electrons. The maximum Gasteiger partial charge on any atom is 0.0384 e. The minimum absolute atomic E-state index is 0.429. The number of hydrogen-bond acceptors (Lipinski definition) is 2. The van der Waals surface area contributed by atoms with Gasteiger partial charge in [0.1, 0.15) is 0 Å². The lowest BCUT2D eigenvalue weighted by Gasteiger charge is -2.35. The maximum atomic E-state index is 3.90. The fourth-order valence-corrected chi connectivity index (χ4v) is 3.74. The van der Waals surface area contributed by atoms with E-state index < -0.39 is 0 Å². The SMILES string of the molecule is C=CC[C@H](c1cc(Br)cc(Br)c1)N1CCNCC1. The van der Waals surface area contributed by atoms with Crippen molar-refractivity contribution in [3.8, 4) is 0 Å². The number of piperazine rings is 1. The van der Waals surface area contributed by atoms with Crippen molar-refractivity contribution >= 4 is 31.9 Å². The molecule has 1 aliphatic heterocycles. The second-order valence-electron chi connectivity index (χ2n) is 4.53. The second-order valence-corrected chi connectivity index (χ2v) is 6.36. The number of halogens is 2. The molecule has 1 heterocycles. The summed E-state index contributed by atoms with van der Waals surface area (Å²) >= 11 is 7.14. The van der Waals surface area contributed by atoms with E-state index in [0.717, 1.165) is 41.5 Å². The monoisotopic (exact) mass is 372 g/mol. The summed E-state index contributed by atoms with van der Waals surface area (Å²) in [6.07, 6.45) is 3.00. The predicted octanol–water partition coefficient (Wildman–Crippen LogP) is 3.73. The zero-order valence-corrected chi connectivity index (χ0v) is 13.5. The molecule has 0 unspecified atom stereocenters. The molecule has 1 aliphatic rings. The van der Waals surface area contributed by atoms with E-state index in [1.54, 1.807) is 0 Å². The summed E-state index contributed by atoms with van der Waals surface area (Å²) < 4.78 is 2.24. The third-order valence-electron chi connectivity index (χ3n) is 3.25. The van der Waals surface area contributed by atoms with Gasteiger partial charge in [0.25, 0.3) is 0 Å². The molecule has 0 aromatic heterocycles. The first kappa shape index (κ1) is 14.3. The van der Waals surface area contributed by atoms with Crippen LogP contribution in [0.2, 0.25) is 0 Å². The van der Waals surface area contributed by atoms with E-state index in [2.05, 4.69) is 66.9 Å². The van der Waals surface area contributed by atoms with Gasteiger partial charge in [-0.3, -0.25) is 4.90 Å². The number of rotatable bonds is 4. The average Bonchev–Trinajstić information content (AvgIpc) is 2.36. The van der Waals surface area contributed by atoms with E-state index >= 15 is 0 Å². The van der Waals surface area contributed by atoms with Gasteiger partial charge in [0.15, 0.2) is 0 Å². The fourth-order valence-electron chi connectivity index (χ4n) is 2.42. The van der Waals surface area contributed by atoms with Gasteiger partial charge in [0.05, 0.1) is 0 Å². The summed E-state index contributed by atoms with van der Waals surface area (Å²) in [7, 11) is 0. The molecule has 1 N–H and O–H groups in total. The van der Waals surface area contributed by atoms with Crippen molar-refractivity contribution in [2.24, 2.45) is 0 Å². The minimum atomic E-state index is 0.429. The highest BCUT2D eigenvalue weighted by Crippen LogP contribution is 2.30. The van der Waals surface area contributed by atoms with Crippen molar-refractivity contribution < 1.29 is 0 Å². The molecule has 1 fully saturated rings. The molecule has 1 atom stereocenters. The fraction of sp³-hybridized carbons (Fsp3) is 0.429. The molecule has 2 rings (SSSR count). The Balaban J connectivity index is 2.24. The largest absolute Gasteiger partial charge is 0.314 e. The van der Waals surface area contributed by atoms with Crippen molar-refractivity contribution in [3.05, 3.63) is 45.4 Å². The molecular weight excluding hydrogens is 356 g/mol. The highest BCUT2D eigenvalue weighted by molar-refractivity contribution is 9.11. The molecule has 0 amide bonds. The van der Waals surface area contributed by atoms with Gasteiger partial charge in [0.2, 0.25) is 0 Å². The lowest BCUT2D eigenvalue weighted by molar-refractivity contribution is 0.174. The zero-order valence-electron chi connectivity index (χ0n) is 10.3. The molecule has 4 heteroatoms. The Bertz CT molecular complexity index is 394. The molecule has 0 aliphatic carbocycles. The highest BCUT2D eigenvalue weighted by atomic mass is 79.9. The Morgan fingerprint density at radius 2 is 1.83 bits per heavy atom. The molecule has 1 aromatic rings. The first-order chi connectivity index (χ1) is 8.70. The van der Waals surface area contributed by atoms with Crippen LogP contribution in [0.25, 0.3) is 0 Å². The normalized spacial score (nSPS) is 18.6. The van der Waals surface area contributed by atoms with Gasteiger partial charge < -0.3 is 5.32 Å². The van der Waals surface area contributed by atoms with Gasteiger partial charge in [-0.05, 0) is 30.2 Å². The quantitative estimate of drug-likeness (QED) is 0.809. The molecule has 0 spiro atoms. The van der Waals surface area contributed by atoms with Gasteiger partial charge in [0, 0.05) is 41.2 Å². The average molecular weight is 374 g/mol. The molecule has 18 heavy (non-hydrogen) atoms. The van der Waals surface area contributed by atoms with E-state index in [4.69, 9.17) is 0 Å². The molecule has 2 nitrogen and oxygen atoms in total. The van der Waals surface area contributed by atoms with Gasteiger partial charge in [-0.1, -0.05) is 37.9 Å². The summed E-state index contributed by atoms with van der Waals surface area (Å²) in [6.45, 7) is 8.24. The molecule has 0 bridgehead atoms.